The number of hydrogen-bond donors (Lipinski definition) is 4. The SMILES string of the molecule is Cc1ccc(S(=O)(=O)O)cc1.Cc1ccc(S(=O)(=O)O)cc1.c1cc2cc(-c3ccc(N4CC5CNCC5C4)nn3)ccc2[nH]1. The lowest BCUT2D eigenvalue weighted by Crippen LogP contribution is -2.26. The van der Waals surface area contributed by atoms with Gasteiger partial charge in [-0.15, -0.1) is 10.2 Å². The van der Waals surface area contributed by atoms with Gasteiger partial charge in [0, 0.05) is 48.8 Å². The standard InChI is InChI=1S/C18H19N5.2C7H8O3S/c1-2-16-13(5-6-20-16)7-12(1)17-3-4-18(22-21-17)23-10-14-8-19-9-15(14)11-23;2*1-6-2-4-7(5-3-6)11(8,9)10/h1-7,14-15,19-20H,8-11H2;2*2-5H,1H3,(H,8,9,10). The average molecular weight is 650 g/mol. The molecule has 236 valence electrons. The lowest BCUT2D eigenvalue weighted by atomic mass is 10.0. The number of nitrogens with one attached hydrogen (secondary N) is 2. The van der Waals surface area contributed by atoms with E-state index in [-0.39, 0.29) is 9.79 Å². The molecule has 4 heterocycles. The molecule has 11 nitrogen and oxygen atoms in total. The zero-order chi connectivity index (χ0) is 32.2. The second-order valence-corrected chi connectivity index (χ2v) is 14.1. The van der Waals surface area contributed by atoms with Crippen molar-refractivity contribution >= 4 is 37.0 Å². The zero-order valence-corrected chi connectivity index (χ0v) is 26.5. The Bertz CT molecular complexity index is 1880. The molecule has 2 atom stereocenters. The minimum atomic E-state index is -4.02. The quantitative estimate of drug-likeness (QED) is 0.199. The van der Waals surface area contributed by atoms with Gasteiger partial charge >= 0.3 is 0 Å². The second kappa shape index (κ2) is 13.5. The highest BCUT2D eigenvalue weighted by molar-refractivity contribution is 7.86. The maximum absolute atomic E-state index is 10.5. The fourth-order valence-corrected chi connectivity index (χ4v) is 6.28. The van der Waals surface area contributed by atoms with Gasteiger partial charge < -0.3 is 15.2 Å². The lowest BCUT2D eigenvalue weighted by molar-refractivity contribution is 0.481. The van der Waals surface area contributed by atoms with E-state index in [1.54, 1.807) is 24.3 Å². The molecule has 2 unspecified atom stereocenters. The van der Waals surface area contributed by atoms with E-state index in [9.17, 15) is 16.8 Å². The number of H-pyrrole nitrogens is 1. The normalized spacial score (nSPS) is 17.6. The molecule has 2 aromatic heterocycles. The molecule has 45 heavy (non-hydrogen) atoms. The summed E-state index contributed by atoms with van der Waals surface area (Å²) in [6, 6.07) is 24.6. The summed E-state index contributed by atoms with van der Waals surface area (Å²) in [6.45, 7) is 8.16. The maximum atomic E-state index is 10.5. The Morgan fingerprint density at radius 1 is 0.711 bits per heavy atom. The van der Waals surface area contributed by atoms with E-state index >= 15 is 0 Å². The van der Waals surface area contributed by atoms with Gasteiger partial charge in [0.15, 0.2) is 5.82 Å². The van der Waals surface area contributed by atoms with Crippen LogP contribution in [0.5, 0.6) is 0 Å². The van der Waals surface area contributed by atoms with Crippen LogP contribution >= 0.6 is 0 Å². The Kier molecular flexibility index (Phi) is 9.65. The smallest absolute Gasteiger partial charge is 0.294 e. The predicted octanol–water partition coefficient (Wildman–Crippen LogP) is 4.76. The summed E-state index contributed by atoms with van der Waals surface area (Å²) in [6.07, 6.45) is 1.96. The molecule has 0 bridgehead atoms. The minimum Gasteiger partial charge on any atom is -0.361 e. The van der Waals surface area contributed by atoms with Gasteiger partial charge in [-0.2, -0.15) is 16.8 Å². The first kappa shape index (κ1) is 32.3. The molecule has 2 aliphatic rings. The largest absolute Gasteiger partial charge is 0.361 e. The van der Waals surface area contributed by atoms with E-state index in [2.05, 4.69) is 61.8 Å². The van der Waals surface area contributed by atoms with Gasteiger partial charge in [0.05, 0.1) is 15.5 Å². The van der Waals surface area contributed by atoms with Crippen LogP contribution in [0, 0.1) is 25.7 Å². The van der Waals surface area contributed by atoms with Crippen LogP contribution in [-0.4, -0.2) is 67.3 Å². The summed E-state index contributed by atoms with van der Waals surface area (Å²) in [5.74, 6) is 2.55. The highest BCUT2D eigenvalue weighted by Gasteiger charge is 2.36. The third-order valence-electron chi connectivity index (χ3n) is 7.85. The number of aryl methyl sites for hydroxylation is 2. The average Bonchev–Trinajstić information content (AvgIpc) is 3.74. The van der Waals surface area contributed by atoms with Gasteiger partial charge in [-0.25, -0.2) is 0 Å². The fraction of sp³-hybridized carbons (Fsp3) is 0.250. The number of anilines is 1. The van der Waals surface area contributed by atoms with Gasteiger partial charge in [0.2, 0.25) is 0 Å². The van der Waals surface area contributed by atoms with Crippen molar-refractivity contribution in [3.8, 4) is 11.3 Å². The maximum Gasteiger partial charge on any atom is 0.294 e. The molecule has 4 N–H and O–H groups in total. The predicted molar refractivity (Wildman–Crippen MR) is 173 cm³/mol. The topological polar surface area (TPSA) is 166 Å². The molecule has 3 aromatic carbocycles. The molecule has 2 fully saturated rings. The van der Waals surface area contributed by atoms with Crippen LogP contribution in [0.15, 0.2) is 101 Å². The van der Waals surface area contributed by atoms with Crippen molar-refractivity contribution in [3.05, 3.63) is 102 Å². The Morgan fingerprint density at radius 2 is 1.27 bits per heavy atom. The first-order chi connectivity index (χ1) is 21.4. The summed E-state index contributed by atoms with van der Waals surface area (Å²) >= 11 is 0. The monoisotopic (exact) mass is 649 g/mol. The molecule has 2 saturated heterocycles. The zero-order valence-electron chi connectivity index (χ0n) is 24.8. The molecule has 0 spiro atoms. The van der Waals surface area contributed by atoms with Crippen molar-refractivity contribution in [2.75, 3.05) is 31.1 Å². The minimum absolute atomic E-state index is 0.0666. The van der Waals surface area contributed by atoms with Crippen molar-refractivity contribution in [2.45, 2.75) is 23.6 Å². The van der Waals surface area contributed by atoms with Crippen LogP contribution < -0.4 is 10.2 Å². The van der Waals surface area contributed by atoms with Crippen LogP contribution in [-0.2, 0) is 20.2 Å². The molecule has 0 radical (unpaired) electrons. The van der Waals surface area contributed by atoms with Crippen molar-refractivity contribution in [3.63, 3.8) is 0 Å². The number of nitrogens with zero attached hydrogens (tertiary/aromatic N) is 3. The van der Waals surface area contributed by atoms with Crippen molar-refractivity contribution in [2.24, 2.45) is 11.8 Å². The molecule has 0 amide bonds. The van der Waals surface area contributed by atoms with E-state index in [1.165, 1.54) is 29.7 Å². The molecule has 5 aromatic rings. The first-order valence-corrected chi connectivity index (χ1v) is 17.2. The summed E-state index contributed by atoms with van der Waals surface area (Å²) < 4.78 is 59.1. The van der Waals surface area contributed by atoms with Crippen LogP contribution in [0.3, 0.4) is 0 Å². The third-order valence-corrected chi connectivity index (χ3v) is 9.59. The van der Waals surface area contributed by atoms with Gasteiger partial charge in [-0.05, 0) is 80.3 Å². The molecule has 7 rings (SSSR count). The van der Waals surface area contributed by atoms with Crippen molar-refractivity contribution < 1.29 is 25.9 Å². The fourth-order valence-electron chi connectivity index (χ4n) is 5.32. The first-order valence-electron chi connectivity index (χ1n) is 14.3. The molecule has 2 aliphatic heterocycles. The second-order valence-electron chi connectivity index (χ2n) is 11.2. The van der Waals surface area contributed by atoms with E-state index < -0.39 is 20.2 Å². The molecule has 0 saturated carbocycles. The number of hydrogen-bond acceptors (Lipinski definition) is 8. The van der Waals surface area contributed by atoms with Gasteiger partial charge in [-0.3, -0.25) is 9.11 Å². The van der Waals surface area contributed by atoms with Gasteiger partial charge in [0.1, 0.15) is 0 Å². The molecular weight excluding hydrogens is 615 g/mol. The number of aromatic nitrogens is 3. The highest BCUT2D eigenvalue weighted by atomic mass is 32.2. The number of fused-ring (bicyclic) bond motifs is 2. The van der Waals surface area contributed by atoms with E-state index in [0.717, 1.165) is 71.7 Å². The van der Waals surface area contributed by atoms with Crippen LogP contribution in [0.1, 0.15) is 11.1 Å². The van der Waals surface area contributed by atoms with Crippen LogP contribution in [0.4, 0.5) is 5.82 Å². The Hall–Kier alpha value is -4.14. The van der Waals surface area contributed by atoms with E-state index in [1.807, 2.05) is 20.0 Å². The van der Waals surface area contributed by atoms with E-state index in [4.69, 9.17) is 9.11 Å². The number of aromatic amines is 1. The summed E-state index contributed by atoms with van der Waals surface area (Å²) in [5, 5.41) is 13.6. The Balaban J connectivity index is 0.000000153. The summed E-state index contributed by atoms with van der Waals surface area (Å²) in [4.78, 5) is 5.46. The van der Waals surface area contributed by atoms with Crippen molar-refractivity contribution in [1.29, 1.82) is 0 Å². The van der Waals surface area contributed by atoms with Crippen molar-refractivity contribution in [1.82, 2.24) is 20.5 Å². The molecule has 13 heteroatoms. The lowest BCUT2D eigenvalue weighted by Gasteiger charge is -2.17. The Morgan fingerprint density at radius 3 is 1.76 bits per heavy atom. The number of rotatable bonds is 4. The molecule has 0 aliphatic carbocycles. The number of benzene rings is 3. The van der Waals surface area contributed by atoms with Crippen LogP contribution in [0.25, 0.3) is 22.2 Å². The van der Waals surface area contributed by atoms with Gasteiger partial charge in [-0.1, -0.05) is 41.5 Å². The third kappa shape index (κ3) is 8.32. The van der Waals surface area contributed by atoms with Crippen LogP contribution in [0.2, 0.25) is 0 Å². The summed E-state index contributed by atoms with van der Waals surface area (Å²) in [5.41, 5.74) is 5.10. The Labute approximate surface area is 262 Å². The van der Waals surface area contributed by atoms with Gasteiger partial charge in [0.25, 0.3) is 20.2 Å². The highest BCUT2D eigenvalue weighted by Crippen LogP contribution is 2.30. The summed E-state index contributed by atoms with van der Waals surface area (Å²) in [7, 11) is -8.04. The van der Waals surface area contributed by atoms with E-state index in [0.29, 0.717) is 0 Å². The molecular formula is C32H35N5O6S2.